The highest BCUT2D eigenvalue weighted by Gasteiger charge is 2.23. The Kier molecular flexibility index (Phi) is 3.79. The van der Waals surface area contributed by atoms with Gasteiger partial charge in [0.25, 0.3) is 0 Å². The maximum Gasteiger partial charge on any atom is 0.243 e. The molecule has 2 aromatic heterocycles. The Morgan fingerprint density at radius 3 is 2.44 bits per heavy atom. The zero-order valence-electron chi connectivity index (χ0n) is 15.4. The van der Waals surface area contributed by atoms with Crippen LogP contribution in [0.1, 0.15) is 0 Å². The van der Waals surface area contributed by atoms with Gasteiger partial charge in [-0.1, -0.05) is 30.3 Å². The zero-order chi connectivity index (χ0) is 18.4. The third-order valence-electron chi connectivity index (χ3n) is 5.52. The molecule has 0 radical (unpaired) electrons. The lowest BCUT2D eigenvalue weighted by atomic mass is 10.2. The van der Waals surface area contributed by atoms with Crippen molar-refractivity contribution < 1.29 is 9.69 Å². The van der Waals surface area contributed by atoms with Gasteiger partial charge in [-0.15, -0.1) is 0 Å². The molecule has 27 heavy (non-hydrogen) atoms. The molecule has 0 atom stereocenters. The van der Waals surface area contributed by atoms with E-state index < -0.39 is 0 Å². The van der Waals surface area contributed by atoms with E-state index in [1.54, 1.807) is 0 Å². The first-order valence-electron chi connectivity index (χ1n) is 9.43. The van der Waals surface area contributed by atoms with E-state index in [1.807, 2.05) is 51.9 Å². The normalized spacial score (nSPS) is 15.8. The number of benzene rings is 2. The van der Waals surface area contributed by atoms with Crippen LogP contribution in [0, 0.1) is 0 Å². The third kappa shape index (κ3) is 2.73. The van der Waals surface area contributed by atoms with Crippen LogP contribution in [0.5, 0.6) is 0 Å². The van der Waals surface area contributed by atoms with Crippen molar-refractivity contribution >= 4 is 39.0 Å². The highest BCUT2D eigenvalue weighted by molar-refractivity contribution is 6.07. The SMILES string of the molecule is C[NH+]1CCN(C(=O)Cn2c3ccccc3c3nc4ccccc4nc32)CC1. The van der Waals surface area contributed by atoms with E-state index in [-0.39, 0.29) is 5.91 Å². The van der Waals surface area contributed by atoms with E-state index in [2.05, 4.69) is 13.1 Å². The quantitative estimate of drug-likeness (QED) is 0.582. The molecule has 1 fully saturated rings. The molecule has 3 heterocycles. The molecule has 1 aliphatic heterocycles. The van der Waals surface area contributed by atoms with Crippen LogP contribution in [0.15, 0.2) is 48.5 Å². The number of likely N-dealkylation sites (N-methyl/N-ethyl adjacent to an activating group) is 1. The third-order valence-corrected chi connectivity index (χ3v) is 5.52. The first-order valence-corrected chi connectivity index (χ1v) is 9.43. The molecule has 1 saturated heterocycles. The van der Waals surface area contributed by atoms with Gasteiger partial charge in [0.15, 0.2) is 5.65 Å². The number of hydrogen-bond acceptors (Lipinski definition) is 3. The van der Waals surface area contributed by atoms with Crippen molar-refractivity contribution in [3.8, 4) is 0 Å². The van der Waals surface area contributed by atoms with E-state index in [4.69, 9.17) is 9.97 Å². The summed E-state index contributed by atoms with van der Waals surface area (Å²) in [6, 6.07) is 16.0. The van der Waals surface area contributed by atoms with E-state index in [0.29, 0.717) is 6.54 Å². The van der Waals surface area contributed by atoms with Gasteiger partial charge >= 0.3 is 0 Å². The summed E-state index contributed by atoms with van der Waals surface area (Å²) in [5.74, 6) is 0.153. The smallest absolute Gasteiger partial charge is 0.243 e. The molecule has 1 amide bonds. The molecule has 5 rings (SSSR count). The van der Waals surface area contributed by atoms with Crippen molar-refractivity contribution in [3.05, 3.63) is 48.5 Å². The molecule has 0 saturated carbocycles. The predicted octanol–water partition coefficient (Wildman–Crippen LogP) is 1.09. The fraction of sp³-hybridized carbons (Fsp3) is 0.286. The second-order valence-electron chi connectivity index (χ2n) is 7.33. The first-order chi connectivity index (χ1) is 13.2. The maximum absolute atomic E-state index is 13.0. The Bertz CT molecular complexity index is 1160. The number of hydrogen-bond donors (Lipinski definition) is 1. The number of para-hydroxylation sites is 3. The van der Waals surface area contributed by atoms with Gasteiger partial charge in [-0.25, -0.2) is 9.97 Å². The van der Waals surface area contributed by atoms with Crippen LogP contribution in [0.2, 0.25) is 0 Å². The Balaban J connectivity index is 1.63. The summed E-state index contributed by atoms with van der Waals surface area (Å²) in [4.78, 5) is 26.1. The molecule has 0 bridgehead atoms. The molecule has 1 N–H and O–H groups in total. The Hall–Kier alpha value is -2.99. The summed E-state index contributed by atoms with van der Waals surface area (Å²) in [6.07, 6.45) is 0. The largest absolute Gasteiger partial charge is 0.334 e. The lowest BCUT2D eigenvalue weighted by Crippen LogP contribution is -3.12. The van der Waals surface area contributed by atoms with Crippen LogP contribution < -0.4 is 4.90 Å². The summed E-state index contributed by atoms with van der Waals surface area (Å²) in [6.45, 7) is 3.94. The molecule has 0 aliphatic carbocycles. The number of carbonyl (C=O) groups is 1. The fourth-order valence-corrected chi connectivity index (χ4v) is 3.92. The molecule has 0 spiro atoms. The van der Waals surface area contributed by atoms with Crippen LogP contribution in [0.3, 0.4) is 0 Å². The minimum atomic E-state index is 0.153. The molecule has 6 nitrogen and oxygen atoms in total. The van der Waals surface area contributed by atoms with Gasteiger partial charge in [-0.3, -0.25) is 4.79 Å². The van der Waals surface area contributed by atoms with E-state index in [1.165, 1.54) is 4.90 Å². The summed E-state index contributed by atoms with van der Waals surface area (Å²) in [5, 5.41) is 1.04. The van der Waals surface area contributed by atoms with E-state index >= 15 is 0 Å². The van der Waals surface area contributed by atoms with Gasteiger partial charge in [-0.05, 0) is 18.2 Å². The molecule has 1 aliphatic rings. The topological polar surface area (TPSA) is 55.5 Å². The number of aromatic nitrogens is 3. The zero-order valence-corrected chi connectivity index (χ0v) is 15.4. The van der Waals surface area contributed by atoms with Gasteiger partial charge < -0.3 is 14.4 Å². The monoisotopic (exact) mass is 360 g/mol. The standard InChI is InChI=1S/C21H21N5O/c1-24-10-12-25(13-11-24)19(27)14-26-18-9-5-2-6-15(18)20-21(26)23-17-8-4-3-7-16(17)22-20/h2-9H,10-14H2,1H3/p+1. The van der Waals surface area contributed by atoms with Crippen LogP contribution in [-0.4, -0.2) is 58.6 Å². The van der Waals surface area contributed by atoms with Gasteiger partial charge in [0.05, 0.1) is 49.8 Å². The Labute approximate surface area is 157 Å². The summed E-state index contributed by atoms with van der Waals surface area (Å²) < 4.78 is 2.03. The maximum atomic E-state index is 13.0. The fourth-order valence-electron chi connectivity index (χ4n) is 3.92. The van der Waals surface area contributed by atoms with Crippen LogP contribution >= 0.6 is 0 Å². The van der Waals surface area contributed by atoms with E-state index in [9.17, 15) is 4.79 Å². The van der Waals surface area contributed by atoms with Gasteiger partial charge in [0, 0.05) is 5.39 Å². The lowest BCUT2D eigenvalue weighted by Gasteiger charge is -2.30. The molecule has 6 heteroatoms. The van der Waals surface area contributed by atoms with Crippen molar-refractivity contribution in [2.75, 3.05) is 33.2 Å². The van der Waals surface area contributed by atoms with Gasteiger partial charge in [-0.2, -0.15) is 0 Å². The average Bonchev–Trinajstić information content (AvgIpc) is 3.00. The Morgan fingerprint density at radius 1 is 1.00 bits per heavy atom. The number of nitrogens with zero attached hydrogens (tertiary/aromatic N) is 4. The number of amides is 1. The molecular formula is C21H22N5O+. The molecule has 2 aromatic carbocycles. The van der Waals surface area contributed by atoms with Crippen LogP contribution in [0.4, 0.5) is 0 Å². The number of nitrogens with one attached hydrogen (secondary N) is 1. The van der Waals surface area contributed by atoms with Crippen molar-refractivity contribution in [3.63, 3.8) is 0 Å². The average molecular weight is 360 g/mol. The minimum Gasteiger partial charge on any atom is -0.334 e. The highest BCUT2D eigenvalue weighted by atomic mass is 16.2. The van der Waals surface area contributed by atoms with Crippen LogP contribution in [-0.2, 0) is 11.3 Å². The van der Waals surface area contributed by atoms with Crippen molar-refractivity contribution in [1.29, 1.82) is 0 Å². The van der Waals surface area contributed by atoms with Crippen LogP contribution in [0.25, 0.3) is 33.1 Å². The Morgan fingerprint density at radius 2 is 1.67 bits per heavy atom. The molecule has 136 valence electrons. The second-order valence-corrected chi connectivity index (χ2v) is 7.33. The number of quaternary nitrogens is 1. The van der Waals surface area contributed by atoms with Gasteiger partial charge in [0.2, 0.25) is 5.91 Å². The minimum absolute atomic E-state index is 0.153. The number of piperazine rings is 1. The number of carbonyl (C=O) groups excluding carboxylic acids is 1. The van der Waals surface area contributed by atoms with Crippen molar-refractivity contribution in [2.24, 2.45) is 0 Å². The van der Waals surface area contributed by atoms with E-state index in [0.717, 1.165) is 59.3 Å². The molecule has 4 aromatic rings. The highest BCUT2D eigenvalue weighted by Crippen LogP contribution is 2.28. The predicted molar refractivity (Wildman–Crippen MR) is 106 cm³/mol. The first kappa shape index (κ1) is 16.2. The number of rotatable bonds is 2. The van der Waals surface area contributed by atoms with Crippen molar-refractivity contribution in [2.45, 2.75) is 6.54 Å². The molecule has 0 unspecified atom stereocenters. The summed E-state index contributed by atoms with van der Waals surface area (Å²) >= 11 is 0. The molecular weight excluding hydrogens is 338 g/mol. The van der Waals surface area contributed by atoms with Crippen molar-refractivity contribution in [1.82, 2.24) is 19.4 Å². The second kappa shape index (κ2) is 6.32. The van der Waals surface area contributed by atoms with Gasteiger partial charge in [0.1, 0.15) is 12.1 Å². The number of fused-ring (bicyclic) bond motifs is 4. The lowest BCUT2D eigenvalue weighted by molar-refractivity contribution is -0.883. The summed E-state index contributed by atoms with van der Waals surface area (Å²) in [5.41, 5.74) is 4.38. The summed E-state index contributed by atoms with van der Waals surface area (Å²) in [7, 11) is 2.18.